The number of halogens is 7. The topological polar surface area (TPSA) is 40.3 Å². The monoisotopic (exact) mass is 2010 g/mol. The lowest BCUT2D eigenvalue weighted by Crippen LogP contribution is -2.40. The summed E-state index contributed by atoms with van der Waals surface area (Å²) in [4.78, 5) is 10.9. The average Bonchev–Trinajstić information content (AvgIpc) is 0.754. The number of hydrogen-bond donors (Lipinski definition) is 2. The zero-order chi connectivity index (χ0) is 103. The van der Waals surface area contributed by atoms with E-state index in [4.69, 9.17) is 0 Å². The van der Waals surface area contributed by atoms with Crippen molar-refractivity contribution in [3.63, 3.8) is 0 Å². The second kappa shape index (κ2) is 45.7. The van der Waals surface area contributed by atoms with Crippen molar-refractivity contribution in [2.45, 2.75) is 37.0 Å². The van der Waals surface area contributed by atoms with Gasteiger partial charge in [0, 0.05) is 113 Å². The summed E-state index contributed by atoms with van der Waals surface area (Å²) in [6.07, 6.45) is -2.07. The minimum Gasteiger partial charge on any atom is -0.356 e. The van der Waals surface area contributed by atoms with E-state index in [0.717, 1.165) is 134 Å². The van der Waals surface area contributed by atoms with Crippen LogP contribution in [0.1, 0.15) is 58.4 Å². The molecule has 0 bridgehead atoms. The number of anilines is 19. The van der Waals surface area contributed by atoms with Gasteiger partial charge in [-0.2, -0.15) is 26.3 Å². The molecule has 2 N–H and O–H groups in total. The Kier molecular flexibility index (Phi) is 30.9. The van der Waals surface area contributed by atoms with Crippen LogP contribution in [0, 0.1) is 0 Å². The average molecular weight is 2010 g/mol. The van der Waals surface area contributed by atoms with Gasteiger partial charge in [0.2, 0.25) is 0 Å². The van der Waals surface area contributed by atoms with Gasteiger partial charge in [0.25, 0.3) is 0 Å². The summed E-state index contributed by atoms with van der Waals surface area (Å²) in [6, 6.07) is 170. The van der Waals surface area contributed by atoms with Crippen LogP contribution in [0.3, 0.4) is 0 Å². The van der Waals surface area contributed by atoms with Crippen LogP contribution >= 0.6 is 15.9 Å². The standard InChI is InChI=1S/C79H61F3N4.C31H27F3N2.C24H18BrN/c1-4-58-26-42-70(43-27-58)85(74-50-34-62(35-51-74)60-30-46-72(47-31-60)83(66-18-10-6-11-19-66)67-20-12-7-13-21-67)76-54-38-64(39-55-76)78(3,79(80,81)82)65-40-56-77(57-41-65)86(71-44-28-59(5-2)29-45-71)75-52-36-63(37-53-75)61-32-48-73(49-33-61)84(68-22-14-8-15-23-68)69-24-16-9-17-25-69;1-4-22-6-14-26(15-7-22)35-28-18-10-24(11-19-28)30(3,31(32,33)34)25-12-20-29(21-13-25)36-27-16-8-23(5-2)9-17-27;25-21-15-11-19(12-16-21)20-13-17-24(18-14-20)26(22-7-3-1-4-8-22)23-9-5-2-6-10-23/h4-57H,1-2H2,3H3;4-21,35-36H,1-2H2,3H3;1-18H. The smallest absolute Gasteiger partial charge is 0.356 e. The fourth-order valence-electron chi connectivity index (χ4n) is 18.3. The molecule has 20 aromatic rings. The van der Waals surface area contributed by atoms with Gasteiger partial charge < -0.3 is 35.1 Å². The second-order valence-electron chi connectivity index (χ2n) is 35.9. The van der Waals surface area contributed by atoms with Gasteiger partial charge >= 0.3 is 12.4 Å². The third-order valence-electron chi connectivity index (χ3n) is 26.7. The molecule has 0 spiro atoms. The molecular weight excluding hydrogens is 1900 g/mol. The van der Waals surface area contributed by atoms with E-state index >= 15 is 13.2 Å². The molecular formula is C134H106BrF6N7. The summed E-state index contributed by atoms with van der Waals surface area (Å²) in [6.45, 7) is 17.9. The summed E-state index contributed by atoms with van der Waals surface area (Å²) in [5.74, 6) is 0. The zero-order valence-corrected chi connectivity index (χ0v) is 83.3. The Morgan fingerprint density at radius 2 is 0.318 bits per heavy atom. The van der Waals surface area contributed by atoms with Gasteiger partial charge in [0.1, 0.15) is 10.8 Å². The molecule has 0 saturated carbocycles. The quantitative estimate of drug-likeness (QED) is 0.0435. The summed E-state index contributed by atoms with van der Waals surface area (Å²) in [7, 11) is 0. The highest BCUT2D eigenvalue weighted by Gasteiger charge is 2.55. The maximum Gasteiger partial charge on any atom is 0.402 e. The number of para-hydroxylation sites is 6. The lowest BCUT2D eigenvalue weighted by atomic mass is 9.75. The summed E-state index contributed by atoms with van der Waals surface area (Å²) in [5.41, 5.74) is 24.1. The molecule has 0 aliphatic carbocycles. The van der Waals surface area contributed by atoms with Gasteiger partial charge in [-0.25, -0.2) is 0 Å². The molecule has 20 aromatic carbocycles. The highest BCUT2D eigenvalue weighted by molar-refractivity contribution is 9.10. The van der Waals surface area contributed by atoms with Crippen molar-refractivity contribution in [1.29, 1.82) is 0 Å². The molecule has 0 unspecified atom stereocenters. The van der Waals surface area contributed by atoms with Crippen molar-refractivity contribution in [3.8, 4) is 33.4 Å². The second-order valence-corrected chi connectivity index (χ2v) is 36.8. The Hall–Kier alpha value is -18.0. The van der Waals surface area contributed by atoms with Gasteiger partial charge in [-0.3, -0.25) is 0 Å². The van der Waals surface area contributed by atoms with Gasteiger partial charge in [-0.1, -0.05) is 346 Å². The maximum atomic E-state index is 15.9. The van der Waals surface area contributed by atoms with Crippen LogP contribution in [0.15, 0.2) is 552 Å². The van der Waals surface area contributed by atoms with Crippen LogP contribution in [0.2, 0.25) is 0 Å². The molecule has 0 heterocycles. The van der Waals surface area contributed by atoms with Crippen LogP contribution < -0.4 is 35.1 Å². The Morgan fingerprint density at radius 3 is 0.486 bits per heavy atom. The summed E-state index contributed by atoms with van der Waals surface area (Å²) in [5, 5.41) is 6.44. The third-order valence-corrected chi connectivity index (χ3v) is 27.2. The van der Waals surface area contributed by atoms with E-state index in [-0.39, 0.29) is 22.3 Å². The van der Waals surface area contributed by atoms with Crippen LogP contribution in [0.4, 0.5) is 134 Å². The zero-order valence-electron chi connectivity index (χ0n) is 81.7. The normalized spacial score (nSPS) is 11.2. The van der Waals surface area contributed by atoms with Gasteiger partial charge in [-0.05, 0) is 334 Å². The molecule has 0 aliphatic heterocycles. The molecule has 0 radical (unpaired) electrons. The third kappa shape index (κ3) is 22.9. The SMILES string of the molecule is Brc1ccc(-c2ccc(N(c3ccccc3)c3ccccc3)cc2)cc1.C=Cc1ccc(N(c2ccc(-c3ccc(N(c4ccccc4)c4ccccc4)cc3)cc2)c2ccc(C(C)(c3ccc(N(c4ccc(C=C)cc4)c4ccc(-c5ccc(N(c6ccccc6)c6ccccc6)cc5)cc4)cc3)C(F)(F)F)cc2)cc1.C=Cc1ccc(Nc2ccc(C(C)(c3ccc(Nc4ccc(C=C)cc4)cc3)C(F)(F)F)cc2)cc1. The van der Waals surface area contributed by atoms with E-state index in [2.05, 4.69) is 320 Å². The Labute approximate surface area is 871 Å². The van der Waals surface area contributed by atoms with Crippen LogP contribution in [0.5, 0.6) is 0 Å². The minimum absolute atomic E-state index is 0.119. The molecule has 0 atom stereocenters. The first kappa shape index (κ1) is 100. The lowest BCUT2D eigenvalue weighted by Gasteiger charge is -2.34. The predicted octanol–water partition coefficient (Wildman–Crippen LogP) is 40.0. The fraction of sp³-hybridized carbons (Fsp3) is 0.0448. The predicted molar refractivity (Wildman–Crippen MR) is 614 cm³/mol. The Morgan fingerprint density at radius 1 is 0.182 bits per heavy atom. The first-order chi connectivity index (χ1) is 72.1. The maximum absolute atomic E-state index is 15.9. The van der Waals surface area contributed by atoms with Gasteiger partial charge in [0.05, 0.1) is 0 Å². The molecule has 148 heavy (non-hydrogen) atoms. The lowest BCUT2D eigenvalue weighted by molar-refractivity contribution is -0.173. The number of rotatable bonds is 30. The highest BCUT2D eigenvalue weighted by atomic mass is 79.9. The largest absolute Gasteiger partial charge is 0.402 e. The van der Waals surface area contributed by atoms with E-state index in [0.29, 0.717) is 22.7 Å². The fourth-order valence-corrected chi connectivity index (χ4v) is 18.5. The number of benzene rings is 20. The molecule has 0 fully saturated rings. The minimum atomic E-state index is -4.65. The summed E-state index contributed by atoms with van der Waals surface area (Å²) < 4.78 is 92.3. The van der Waals surface area contributed by atoms with Crippen LogP contribution in [-0.2, 0) is 10.8 Å². The molecule has 7 nitrogen and oxygen atoms in total. The van der Waals surface area contributed by atoms with Crippen molar-refractivity contribution in [2.75, 3.05) is 35.1 Å². The summed E-state index contributed by atoms with van der Waals surface area (Å²) >= 11 is 3.49. The molecule has 726 valence electrons. The van der Waals surface area contributed by atoms with Gasteiger partial charge in [0.15, 0.2) is 0 Å². The molecule has 0 saturated heterocycles. The molecule has 0 amide bonds. The first-order valence-electron chi connectivity index (χ1n) is 48.7. The molecule has 20 rings (SSSR count). The van der Waals surface area contributed by atoms with Crippen molar-refractivity contribution >= 4 is 148 Å². The first-order valence-corrected chi connectivity index (χ1v) is 49.5. The van der Waals surface area contributed by atoms with Crippen LogP contribution in [0.25, 0.3) is 57.7 Å². The number of hydrogen-bond acceptors (Lipinski definition) is 7. The van der Waals surface area contributed by atoms with E-state index in [1.54, 1.807) is 97.1 Å². The van der Waals surface area contributed by atoms with Crippen molar-refractivity contribution in [2.24, 2.45) is 0 Å². The molecule has 0 aromatic heterocycles. The number of nitrogens with one attached hydrogen (secondary N) is 2. The van der Waals surface area contributed by atoms with Crippen LogP contribution in [-0.4, -0.2) is 12.4 Å². The van der Waals surface area contributed by atoms with Gasteiger partial charge in [-0.15, -0.1) is 0 Å². The van der Waals surface area contributed by atoms with E-state index in [1.807, 2.05) is 182 Å². The van der Waals surface area contributed by atoms with Crippen molar-refractivity contribution in [1.82, 2.24) is 0 Å². The Balaban J connectivity index is 0.000000187. The Bertz CT molecular complexity index is 7270. The van der Waals surface area contributed by atoms with E-state index in [9.17, 15) is 13.2 Å². The molecule has 0 aliphatic rings. The molecule has 14 heteroatoms. The van der Waals surface area contributed by atoms with Crippen molar-refractivity contribution < 1.29 is 26.3 Å². The highest BCUT2D eigenvalue weighted by Crippen LogP contribution is 2.52. The number of alkyl halides is 6. The van der Waals surface area contributed by atoms with Crippen molar-refractivity contribution in [3.05, 3.63) is 597 Å². The number of nitrogens with zero attached hydrogens (tertiary/aromatic N) is 5. The van der Waals surface area contributed by atoms with E-state index in [1.165, 1.54) is 49.2 Å². The van der Waals surface area contributed by atoms with E-state index < -0.39 is 23.2 Å².